The van der Waals surface area contributed by atoms with Gasteiger partial charge in [-0.3, -0.25) is 9.59 Å². The Kier molecular flexibility index (Phi) is 4.87. The van der Waals surface area contributed by atoms with Crippen molar-refractivity contribution in [1.29, 1.82) is 0 Å². The molecule has 0 unspecified atom stereocenters. The monoisotopic (exact) mass is 266 g/mol. The minimum atomic E-state index is -1.24. The first-order chi connectivity index (χ1) is 8.88. The van der Waals surface area contributed by atoms with E-state index in [0.717, 1.165) is 0 Å². The Morgan fingerprint density at radius 2 is 1.63 bits per heavy atom. The van der Waals surface area contributed by atoms with Gasteiger partial charge in [0.2, 0.25) is 5.91 Å². The number of amides is 1. The van der Waals surface area contributed by atoms with Gasteiger partial charge in [0.1, 0.15) is 6.04 Å². The van der Waals surface area contributed by atoms with Gasteiger partial charge in [-0.05, 0) is 24.3 Å². The molecule has 0 heterocycles. The number of rotatable bonds is 6. The molecule has 102 valence electrons. The lowest BCUT2D eigenvalue weighted by Crippen LogP contribution is -2.31. The highest BCUT2D eigenvalue weighted by atomic mass is 16.4. The number of carboxylic acids is 2. The number of hydrogen-bond donors (Lipinski definition) is 4. The van der Waals surface area contributed by atoms with E-state index in [-0.39, 0.29) is 5.91 Å². The van der Waals surface area contributed by atoms with Gasteiger partial charge in [0.25, 0.3) is 0 Å². The highest BCUT2D eigenvalue weighted by molar-refractivity contribution is 5.89. The Labute approximate surface area is 109 Å². The van der Waals surface area contributed by atoms with E-state index < -0.39 is 24.4 Å². The summed E-state index contributed by atoms with van der Waals surface area (Å²) in [6, 6.07) is 5.09. The summed E-state index contributed by atoms with van der Waals surface area (Å²) >= 11 is 0. The summed E-state index contributed by atoms with van der Waals surface area (Å²) in [6.07, 6.45) is -0.525. The molecule has 0 fully saturated rings. The third-order valence-electron chi connectivity index (χ3n) is 2.22. The maximum atomic E-state index is 10.9. The Morgan fingerprint density at radius 3 is 2.05 bits per heavy atom. The van der Waals surface area contributed by atoms with Crippen molar-refractivity contribution >= 4 is 29.2 Å². The molecule has 0 bridgehead atoms. The molecule has 0 saturated heterocycles. The van der Waals surface area contributed by atoms with E-state index in [1.54, 1.807) is 24.3 Å². The van der Waals surface area contributed by atoms with Crippen LogP contribution in [0.3, 0.4) is 0 Å². The van der Waals surface area contributed by atoms with Crippen LogP contribution in [0.5, 0.6) is 0 Å². The topological polar surface area (TPSA) is 116 Å². The molecule has 1 amide bonds. The van der Waals surface area contributed by atoms with Crippen LogP contribution in [-0.4, -0.2) is 34.1 Å². The van der Waals surface area contributed by atoms with Crippen LogP contribution >= 0.6 is 0 Å². The van der Waals surface area contributed by atoms with Crippen molar-refractivity contribution in [2.45, 2.75) is 19.4 Å². The lowest BCUT2D eigenvalue weighted by Gasteiger charge is -2.14. The molecule has 0 spiro atoms. The maximum absolute atomic E-state index is 10.9. The van der Waals surface area contributed by atoms with Crippen molar-refractivity contribution in [3.63, 3.8) is 0 Å². The lowest BCUT2D eigenvalue weighted by atomic mass is 10.2. The van der Waals surface area contributed by atoms with Crippen LogP contribution in [0.25, 0.3) is 0 Å². The predicted octanol–water partition coefficient (Wildman–Crippen LogP) is 0.985. The van der Waals surface area contributed by atoms with Crippen LogP contribution < -0.4 is 10.6 Å². The Balaban J connectivity index is 2.72. The molecule has 1 atom stereocenters. The highest BCUT2D eigenvalue weighted by Gasteiger charge is 2.20. The Morgan fingerprint density at radius 1 is 1.11 bits per heavy atom. The third kappa shape index (κ3) is 5.07. The van der Waals surface area contributed by atoms with Crippen molar-refractivity contribution in [2.75, 3.05) is 10.6 Å². The molecular formula is C12H14N2O5. The number of hydrogen-bond acceptors (Lipinski definition) is 4. The first-order valence-corrected chi connectivity index (χ1v) is 5.47. The van der Waals surface area contributed by atoms with E-state index in [1.165, 1.54) is 6.92 Å². The van der Waals surface area contributed by atoms with Crippen LogP contribution in [0.1, 0.15) is 13.3 Å². The van der Waals surface area contributed by atoms with Crippen molar-refractivity contribution in [1.82, 2.24) is 0 Å². The van der Waals surface area contributed by atoms with Gasteiger partial charge in [-0.15, -0.1) is 0 Å². The number of carbonyl (C=O) groups excluding carboxylic acids is 1. The van der Waals surface area contributed by atoms with Gasteiger partial charge in [0.05, 0.1) is 6.42 Å². The molecule has 1 aromatic rings. The third-order valence-corrected chi connectivity index (χ3v) is 2.22. The van der Waals surface area contributed by atoms with E-state index in [1.807, 2.05) is 0 Å². The smallest absolute Gasteiger partial charge is 0.326 e. The molecule has 0 aliphatic rings. The molecule has 0 aliphatic heterocycles. The van der Waals surface area contributed by atoms with E-state index in [9.17, 15) is 14.4 Å². The average Bonchev–Trinajstić information content (AvgIpc) is 2.29. The van der Waals surface area contributed by atoms with Gasteiger partial charge < -0.3 is 20.8 Å². The zero-order chi connectivity index (χ0) is 14.4. The Hall–Kier alpha value is -2.57. The summed E-state index contributed by atoms with van der Waals surface area (Å²) in [6.45, 7) is 1.37. The van der Waals surface area contributed by atoms with E-state index in [4.69, 9.17) is 10.2 Å². The number of aliphatic carboxylic acids is 2. The van der Waals surface area contributed by atoms with Gasteiger partial charge in [0.15, 0.2) is 0 Å². The van der Waals surface area contributed by atoms with Crippen molar-refractivity contribution in [3.05, 3.63) is 24.3 Å². The molecule has 4 N–H and O–H groups in total. The van der Waals surface area contributed by atoms with Crippen molar-refractivity contribution in [2.24, 2.45) is 0 Å². The SMILES string of the molecule is CC(=O)Nc1ccc(N[C@@H](CC(=O)O)C(=O)O)cc1. The average molecular weight is 266 g/mol. The maximum Gasteiger partial charge on any atom is 0.326 e. The van der Waals surface area contributed by atoms with Gasteiger partial charge in [-0.1, -0.05) is 0 Å². The molecule has 0 saturated carbocycles. The first kappa shape index (κ1) is 14.5. The second-order valence-corrected chi connectivity index (χ2v) is 3.89. The number of benzene rings is 1. The minimum absolute atomic E-state index is 0.213. The fraction of sp³-hybridized carbons (Fsp3) is 0.250. The lowest BCUT2D eigenvalue weighted by molar-refractivity contribution is -0.144. The summed E-state index contributed by atoms with van der Waals surface area (Å²) in [5, 5.41) is 22.6. The molecule has 0 aliphatic carbocycles. The van der Waals surface area contributed by atoms with Gasteiger partial charge in [-0.25, -0.2) is 4.79 Å². The van der Waals surface area contributed by atoms with Crippen LogP contribution in [0.15, 0.2) is 24.3 Å². The molecular weight excluding hydrogens is 252 g/mol. The summed E-state index contributed by atoms with van der Waals surface area (Å²) in [7, 11) is 0. The molecule has 1 aromatic carbocycles. The quantitative estimate of drug-likeness (QED) is 0.610. The van der Waals surface area contributed by atoms with Crippen molar-refractivity contribution < 1.29 is 24.6 Å². The van der Waals surface area contributed by atoms with Gasteiger partial charge in [0, 0.05) is 18.3 Å². The highest BCUT2D eigenvalue weighted by Crippen LogP contribution is 2.15. The number of carbonyl (C=O) groups is 3. The molecule has 19 heavy (non-hydrogen) atoms. The summed E-state index contributed by atoms with van der Waals surface area (Å²) < 4.78 is 0. The molecule has 7 nitrogen and oxygen atoms in total. The molecule has 0 aromatic heterocycles. The van der Waals surface area contributed by atoms with Crippen LogP contribution in [0, 0.1) is 0 Å². The number of carboxylic acid groups (broad SMARTS) is 2. The molecule has 1 rings (SSSR count). The van der Waals surface area contributed by atoms with E-state index >= 15 is 0 Å². The fourth-order valence-corrected chi connectivity index (χ4v) is 1.43. The number of anilines is 2. The standard InChI is InChI=1S/C12H14N2O5/c1-7(15)13-8-2-4-9(5-3-8)14-10(12(18)19)6-11(16)17/h2-5,10,14H,6H2,1H3,(H,13,15)(H,16,17)(H,18,19)/t10-/m0/s1. The molecule has 7 heteroatoms. The normalized spacial score (nSPS) is 11.4. The second kappa shape index (κ2) is 6.39. The Bertz CT molecular complexity index is 483. The molecule has 0 radical (unpaired) electrons. The second-order valence-electron chi connectivity index (χ2n) is 3.89. The number of nitrogens with one attached hydrogen (secondary N) is 2. The summed E-state index contributed by atoms with van der Waals surface area (Å²) in [5.74, 6) is -2.65. The zero-order valence-corrected chi connectivity index (χ0v) is 10.2. The van der Waals surface area contributed by atoms with Gasteiger partial charge in [-0.2, -0.15) is 0 Å². The van der Waals surface area contributed by atoms with Crippen molar-refractivity contribution in [3.8, 4) is 0 Å². The summed E-state index contributed by atoms with van der Waals surface area (Å²) in [5.41, 5.74) is 1.03. The largest absolute Gasteiger partial charge is 0.481 e. The van der Waals surface area contributed by atoms with Crippen LogP contribution in [0.2, 0.25) is 0 Å². The fourth-order valence-electron chi connectivity index (χ4n) is 1.43. The van der Waals surface area contributed by atoms with E-state index in [0.29, 0.717) is 11.4 Å². The predicted molar refractivity (Wildman–Crippen MR) is 68.0 cm³/mol. The minimum Gasteiger partial charge on any atom is -0.481 e. The van der Waals surface area contributed by atoms with Crippen LogP contribution in [0.4, 0.5) is 11.4 Å². The first-order valence-electron chi connectivity index (χ1n) is 5.47. The zero-order valence-electron chi connectivity index (χ0n) is 10.2. The summed E-state index contributed by atoms with van der Waals surface area (Å²) in [4.78, 5) is 32.2. The van der Waals surface area contributed by atoms with Gasteiger partial charge >= 0.3 is 11.9 Å². The van der Waals surface area contributed by atoms with Crippen LogP contribution in [-0.2, 0) is 14.4 Å². The van der Waals surface area contributed by atoms with E-state index in [2.05, 4.69) is 10.6 Å².